The molecule has 27 heavy (non-hydrogen) atoms. The first-order valence-corrected chi connectivity index (χ1v) is 7.91. The van der Waals surface area contributed by atoms with E-state index in [9.17, 15) is 18.0 Å². The van der Waals surface area contributed by atoms with E-state index in [2.05, 4.69) is 9.72 Å². The number of nitrogens with zero attached hydrogens (tertiary/aromatic N) is 2. The summed E-state index contributed by atoms with van der Waals surface area (Å²) in [4.78, 5) is 17.8. The summed E-state index contributed by atoms with van der Waals surface area (Å²) in [6.07, 6.45) is -1.82. The van der Waals surface area contributed by atoms with Gasteiger partial charge in [0.2, 0.25) is 0 Å². The highest BCUT2D eigenvalue weighted by Crippen LogP contribution is 2.23. The molecule has 0 N–H and O–H groups in total. The minimum Gasteiger partial charge on any atom is -0.444 e. The fourth-order valence-corrected chi connectivity index (χ4v) is 2.50. The van der Waals surface area contributed by atoms with Gasteiger partial charge in [0.05, 0.1) is 6.20 Å². The number of ether oxygens (including phenoxy) is 1. The third-order valence-electron chi connectivity index (χ3n) is 3.77. The number of benzene rings is 2. The lowest BCUT2D eigenvalue weighted by Gasteiger charge is -2.18. The molecule has 0 unspecified atom stereocenters. The monoisotopic (exact) mass is 376 g/mol. The molecule has 0 aliphatic rings. The second-order valence-electron chi connectivity index (χ2n) is 5.80. The van der Waals surface area contributed by atoms with Crippen molar-refractivity contribution in [2.45, 2.75) is 12.9 Å². The van der Waals surface area contributed by atoms with Crippen molar-refractivity contribution in [2.75, 3.05) is 7.05 Å². The molecule has 0 fully saturated rings. The smallest absolute Gasteiger partial charge is 0.444 e. The van der Waals surface area contributed by atoms with E-state index in [0.717, 1.165) is 5.56 Å². The summed E-state index contributed by atoms with van der Waals surface area (Å²) in [5, 5.41) is 0. The molecule has 0 spiro atoms. The van der Waals surface area contributed by atoms with Crippen molar-refractivity contribution in [1.82, 2.24) is 9.88 Å². The van der Waals surface area contributed by atoms with E-state index < -0.39 is 6.36 Å². The van der Waals surface area contributed by atoms with Crippen LogP contribution in [0.3, 0.4) is 0 Å². The van der Waals surface area contributed by atoms with E-state index >= 15 is 0 Å². The van der Waals surface area contributed by atoms with Crippen molar-refractivity contribution in [3.05, 3.63) is 72.2 Å². The number of aromatic nitrogens is 1. The quantitative estimate of drug-likeness (QED) is 0.657. The maximum Gasteiger partial charge on any atom is 0.573 e. The SMILES string of the molecule is CN(Cc1ccc(OC(F)(F)F)cc1)C(=O)c1ccc(-c2cnco2)cc1. The first-order chi connectivity index (χ1) is 12.8. The lowest BCUT2D eigenvalue weighted by molar-refractivity contribution is -0.274. The molecule has 0 radical (unpaired) electrons. The lowest BCUT2D eigenvalue weighted by atomic mass is 10.1. The minimum atomic E-state index is -4.73. The van der Waals surface area contributed by atoms with Crippen molar-refractivity contribution in [1.29, 1.82) is 0 Å². The number of amides is 1. The van der Waals surface area contributed by atoms with Gasteiger partial charge in [-0.3, -0.25) is 4.79 Å². The molecule has 1 aromatic heterocycles. The van der Waals surface area contributed by atoms with E-state index in [1.54, 1.807) is 37.5 Å². The van der Waals surface area contributed by atoms with Gasteiger partial charge in [0.15, 0.2) is 12.2 Å². The van der Waals surface area contributed by atoms with Gasteiger partial charge in [0.1, 0.15) is 5.75 Å². The second-order valence-corrected chi connectivity index (χ2v) is 5.80. The largest absolute Gasteiger partial charge is 0.573 e. The molecule has 1 heterocycles. The Kier molecular flexibility index (Phi) is 5.16. The summed E-state index contributed by atoms with van der Waals surface area (Å²) in [6, 6.07) is 12.3. The van der Waals surface area contributed by atoms with Crippen LogP contribution in [0.1, 0.15) is 15.9 Å². The Bertz CT molecular complexity index is 889. The van der Waals surface area contributed by atoms with Gasteiger partial charge in [-0.2, -0.15) is 0 Å². The normalized spacial score (nSPS) is 11.3. The Morgan fingerprint density at radius 2 is 1.78 bits per heavy atom. The van der Waals surface area contributed by atoms with Crippen LogP contribution in [0.2, 0.25) is 0 Å². The molecule has 5 nitrogen and oxygen atoms in total. The Morgan fingerprint density at radius 1 is 1.11 bits per heavy atom. The molecule has 8 heteroatoms. The van der Waals surface area contributed by atoms with E-state index in [1.807, 2.05) is 0 Å². The molecular weight excluding hydrogens is 361 g/mol. The average Bonchev–Trinajstić information content (AvgIpc) is 3.16. The molecule has 3 aromatic rings. The van der Waals surface area contributed by atoms with Gasteiger partial charge in [-0.25, -0.2) is 4.98 Å². The number of alkyl halides is 3. The lowest BCUT2D eigenvalue weighted by Crippen LogP contribution is -2.26. The van der Waals surface area contributed by atoms with Crippen molar-refractivity contribution < 1.29 is 27.1 Å². The van der Waals surface area contributed by atoms with Crippen molar-refractivity contribution in [3.8, 4) is 17.1 Å². The topological polar surface area (TPSA) is 55.6 Å². The van der Waals surface area contributed by atoms with Gasteiger partial charge >= 0.3 is 6.36 Å². The molecule has 0 saturated carbocycles. The molecule has 0 saturated heterocycles. The highest BCUT2D eigenvalue weighted by atomic mass is 19.4. The maximum absolute atomic E-state index is 12.5. The third kappa shape index (κ3) is 4.87. The first-order valence-electron chi connectivity index (χ1n) is 7.91. The van der Waals surface area contributed by atoms with E-state index in [4.69, 9.17) is 4.42 Å². The molecular formula is C19H15F3N2O3. The molecule has 1 amide bonds. The highest BCUT2D eigenvalue weighted by Gasteiger charge is 2.30. The summed E-state index contributed by atoms with van der Waals surface area (Å²) < 4.78 is 45.6. The number of hydrogen-bond acceptors (Lipinski definition) is 4. The number of halogens is 3. The van der Waals surface area contributed by atoms with Crippen molar-refractivity contribution in [3.63, 3.8) is 0 Å². The Labute approximate surface area is 153 Å². The first kappa shape index (κ1) is 18.5. The summed E-state index contributed by atoms with van der Waals surface area (Å²) in [7, 11) is 1.62. The van der Waals surface area contributed by atoms with Gasteiger partial charge in [0, 0.05) is 24.7 Å². The number of carbonyl (C=O) groups is 1. The molecule has 3 rings (SSSR count). The van der Waals surface area contributed by atoms with Crippen LogP contribution >= 0.6 is 0 Å². The van der Waals surface area contributed by atoms with Crippen LogP contribution < -0.4 is 4.74 Å². The molecule has 2 aromatic carbocycles. The van der Waals surface area contributed by atoms with E-state index in [0.29, 0.717) is 16.9 Å². The van der Waals surface area contributed by atoms with Gasteiger partial charge in [0.25, 0.3) is 5.91 Å². The summed E-state index contributed by atoms with van der Waals surface area (Å²) in [5.41, 5.74) is 1.96. The zero-order valence-corrected chi connectivity index (χ0v) is 14.2. The number of oxazole rings is 1. The van der Waals surface area contributed by atoms with Crippen LogP contribution in [-0.2, 0) is 6.54 Å². The number of rotatable bonds is 5. The standard InChI is InChI=1S/C19H15F3N2O3/c1-24(11-13-2-8-16(9-3-13)27-19(20,21)22)18(25)15-6-4-14(5-7-15)17-10-23-12-26-17/h2-10,12H,11H2,1H3. The average molecular weight is 376 g/mol. The summed E-state index contributed by atoms with van der Waals surface area (Å²) >= 11 is 0. The van der Waals surface area contributed by atoms with Crippen LogP contribution in [0.15, 0.2) is 65.5 Å². The van der Waals surface area contributed by atoms with Crippen LogP contribution in [-0.4, -0.2) is 29.2 Å². The Hall–Kier alpha value is -3.29. The summed E-state index contributed by atoms with van der Waals surface area (Å²) in [5.74, 6) is 0.0847. The van der Waals surface area contributed by atoms with Gasteiger partial charge in [-0.05, 0) is 29.8 Å². The fourth-order valence-electron chi connectivity index (χ4n) is 2.50. The minimum absolute atomic E-state index is 0.213. The maximum atomic E-state index is 12.5. The van der Waals surface area contributed by atoms with Crippen LogP contribution in [0.25, 0.3) is 11.3 Å². The van der Waals surface area contributed by atoms with E-state index in [-0.39, 0.29) is 18.2 Å². The number of carbonyl (C=O) groups excluding carboxylic acids is 1. The molecule has 0 atom stereocenters. The van der Waals surface area contributed by atoms with Gasteiger partial charge in [-0.15, -0.1) is 13.2 Å². The molecule has 0 bridgehead atoms. The van der Waals surface area contributed by atoms with Crippen molar-refractivity contribution >= 4 is 5.91 Å². The predicted octanol–water partition coefficient (Wildman–Crippen LogP) is 4.51. The number of hydrogen-bond donors (Lipinski definition) is 0. The molecule has 0 aliphatic carbocycles. The zero-order chi connectivity index (χ0) is 19.4. The fraction of sp³-hybridized carbons (Fsp3) is 0.158. The third-order valence-corrected chi connectivity index (χ3v) is 3.77. The molecule has 0 aliphatic heterocycles. The van der Waals surface area contributed by atoms with E-state index in [1.165, 1.54) is 35.6 Å². The van der Waals surface area contributed by atoms with Crippen LogP contribution in [0.4, 0.5) is 13.2 Å². The van der Waals surface area contributed by atoms with Crippen LogP contribution in [0, 0.1) is 0 Å². The zero-order valence-electron chi connectivity index (χ0n) is 14.2. The Morgan fingerprint density at radius 3 is 2.33 bits per heavy atom. The second kappa shape index (κ2) is 7.53. The Balaban J connectivity index is 1.63. The predicted molar refractivity (Wildman–Crippen MR) is 90.9 cm³/mol. The molecule has 140 valence electrons. The highest BCUT2D eigenvalue weighted by molar-refractivity contribution is 5.94. The van der Waals surface area contributed by atoms with Crippen LogP contribution in [0.5, 0.6) is 5.75 Å². The van der Waals surface area contributed by atoms with Gasteiger partial charge < -0.3 is 14.1 Å². The van der Waals surface area contributed by atoms with Crippen molar-refractivity contribution in [2.24, 2.45) is 0 Å². The summed E-state index contributed by atoms with van der Waals surface area (Å²) in [6.45, 7) is 0.245. The van der Waals surface area contributed by atoms with Gasteiger partial charge in [-0.1, -0.05) is 24.3 Å².